The van der Waals surface area contributed by atoms with E-state index in [2.05, 4.69) is 20.5 Å². The van der Waals surface area contributed by atoms with Gasteiger partial charge < -0.3 is 15.4 Å². The zero-order valence-electron chi connectivity index (χ0n) is 14.7. The highest BCUT2D eigenvalue weighted by Gasteiger charge is 2.14. The third-order valence-corrected chi connectivity index (χ3v) is 4.86. The van der Waals surface area contributed by atoms with E-state index in [0.717, 1.165) is 38.5 Å². The maximum absolute atomic E-state index is 12.1. The molecule has 9 nitrogen and oxygen atoms in total. The summed E-state index contributed by atoms with van der Waals surface area (Å²) in [7, 11) is 0. The van der Waals surface area contributed by atoms with Crippen molar-refractivity contribution in [2.24, 2.45) is 0 Å². The summed E-state index contributed by atoms with van der Waals surface area (Å²) >= 11 is 1.39. The van der Waals surface area contributed by atoms with Crippen LogP contribution in [-0.4, -0.2) is 53.6 Å². The van der Waals surface area contributed by atoms with Gasteiger partial charge in [0.25, 0.3) is 5.69 Å². The molecule has 0 atom stereocenters. The molecule has 1 aromatic carbocycles. The summed E-state index contributed by atoms with van der Waals surface area (Å²) in [4.78, 5) is 29.3. The van der Waals surface area contributed by atoms with Crippen molar-refractivity contribution >= 4 is 33.8 Å². The van der Waals surface area contributed by atoms with Gasteiger partial charge in [0.2, 0.25) is 5.91 Å². The Hall–Kier alpha value is -2.56. The third kappa shape index (κ3) is 5.71. The van der Waals surface area contributed by atoms with Crippen LogP contribution in [0.15, 0.2) is 29.6 Å². The van der Waals surface area contributed by atoms with E-state index in [1.165, 1.54) is 17.4 Å². The Morgan fingerprint density at radius 1 is 1.33 bits per heavy atom. The van der Waals surface area contributed by atoms with Crippen molar-refractivity contribution < 1.29 is 14.5 Å². The van der Waals surface area contributed by atoms with Crippen LogP contribution >= 0.6 is 11.3 Å². The summed E-state index contributed by atoms with van der Waals surface area (Å²) in [6.07, 6.45) is 0.185. The number of anilines is 2. The number of hydrogen-bond acceptors (Lipinski definition) is 8. The molecule has 27 heavy (non-hydrogen) atoms. The lowest BCUT2D eigenvalue weighted by Gasteiger charge is -2.25. The van der Waals surface area contributed by atoms with Crippen LogP contribution in [0.5, 0.6) is 0 Å². The second-order valence-electron chi connectivity index (χ2n) is 6.03. The predicted octanol–water partition coefficient (Wildman–Crippen LogP) is 2.32. The topological polar surface area (TPSA) is 110 Å². The number of benzene rings is 1. The Bertz CT molecular complexity index is 791. The molecule has 1 fully saturated rings. The van der Waals surface area contributed by atoms with Crippen LogP contribution in [0.25, 0.3) is 0 Å². The van der Waals surface area contributed by atoms with Crippen molar-refractivity contribution in [3.05, 3.63) is 45.5 Å². The molecule has 2 heterocycles. The zero-order valence-corrected chi connectivity index (χ0v) is 15.5. The van der Waals surface area contributed by atoms with Gasteiger partial charge in [0, 0.05) is 44.0 Å². The lowest BCUT2D eigenvalue weighted by molar-refractivity contribution is -0.384. The van der Waals surface area contributed by atoms with Crippen LogP contribution in [0, 0.1) is 10.1 Å². The number of hydrogen-bond donors (Lipinski definition) is 2. The maximum Gasteiger partial charge on any atom is 0.292 e. The van der Waals surface area contributed by atoms with Gasteiger partial charge in [0.15, 0.2) is 5.13 Å². The van der Waals surface area contributed by atoms with Gasteiger partial charge in [0.05, 0.1) is 23.8 Å². The highest BCUT2D eigenvalue weighted by Crippen LogP contribution is 2.23. The Balaban J connectivity index is 1.44. The summed E-state index contributed by atoms with van der Waals surface area (Å²) in [6, 6.07) is 6.36. The van der Waals surface area contributed by atoms with Crippen molar-refractivity contribution in [2.75, 3.05) is 43.5 Å². The van der Waals surface area contributed by atoms with Gasteiger partial charge in [0.1, 0.15) is 5.69 Å². The average Bonchev–Trinajstić information content (AvgIpc) is 3.09. The Kier molecular flexibility index (Phi) is 6.69. The Morgan fingerprint density at radius 3 is 2.89 bits per heavy atom. The summed E-state index contributed by atoms with van der Waals surface area (Å²) < 4.78 is 5.33. The molecule has 0 radical (unpaired) electrons. The molecule has 0 saturated carbocycles. The van der Waals surface area contributed by atoms with Crippen molar-refractivity contribution in [1.29, 1.82) is 0 Å². The van der Waals surface area contributed by atoms with E-state index >= 15 is 0 Å². The molecule has 2 aromatic rings. The first-order valence-electron chi connectivity index (χ1n) is 8.63. The molecule has 144 valence electrons. The molecule has 0 spiro atoms. The number of nitrogens with one attached hydrogen (secondary N) is 2. The SMILES string of the molecule is O=C(CCNc1ccccc1[N+](=O)[O-])Nc1nc(CN2CCOCC2)cs1. The molecule has 1 aliphatic heterocycles. The summed E-state index contributed by atoms with van der Waals surface area (Å²) in [5.41, 5.74) is 1.32. The van der Waals surface area contributed by atoms with Gasteiger partial charge in [-0.3, -0.25) is 19.8 Å². The van der Waals surface area contributed by atoms with Crippen molar-refractivity contribution in [3.63, 3.8) is 0 Å². The number of amides is 1. The molecular weight excluding hydrogens is 370 g/mol. The first-order valence-corrected chi connectivity index (χ1v) is 9.51. The lowest BCUT2D eigenvalue weighted by Crippen LogP contribution is -2.35. The minimum atomic E-state index is -0.450. The number of rotatable bonds is 8. The molecule has 2 N–H and O–H groups in total. The lowest BCUT2D eigenvalue weighted by atomic mass is 10.2. The summed E-state index contributed by atoms with van der Waals surface area (Å²) in [5.74, 6) is -0.187. The molecule has 3 rings (SSSR count). The van der Waals surface area contributed by atoms with E-state index < -0.39 is 4.92 Å². The van der Waals surface area contributed by atoms with E-state index in [9.17, 15) is 14.9 Å². The number of ether oxygens (including phenoxy) is 1. The molecule has 1 amide bonds. The smallest absolute Gasteiger partial charge is 0.292 e. The molecule has 1 aliphatic rings. The molecule has 10 heteroatoms. The highest BCUT2D eigenvalue weighted by molar-refractivity contribution is 7.13. The largest absolute Gasteiger partial charge is 0.379 e. The van der Waals surface area contributed by atoms with E-state index in [1.54, 1.807) is 18.2 Å². The van der Waals surface area contributed by atoms with Crippen LogP contribution < -0.4 is 10.6 Å². The number of nitro groups is 1. The molecule has 0 aliphatic carbocycles. The number of nitro benzene ring substituents is 1. The van der Waals surface area contributed by atoms with Gasteiger partial charge >= 0.3 is 0 Å². The minimum Gasteiger partial charge on any atom is -0.379 e. The van der Waals surface area contributed by atoms with Gasteiger partial charge in [-0.2, -0.15) is 0 Å². The van der Waals surface area contributed by atoms with Gasteiger partial charge in [-0.25, -0.2) is 4.98 Å². The van der Waals surface area contributed by atoms with Crippen LogP contribution in [-0.2, 0) is 16.1 Å². The fourth-order valence-corrected chi connectivity index (χ4v) is 3.42. The first-order chi connectivity index (χ1) is 13.1. The van der Waals surface area contributed by atoms with E-state index in [-0.39, 0.29) is 18.0 Å². The second kappa shape index (κ2) is 9.40. The molecule has 1 aromatic heterocycles. The maximum atomic E-state index is 12.1. The van der Waals surface area contributed by atoms with Crippen molar-refractivity contribution in [1.82, 2.24) is 9.88 Å². The van der Waals surface area contributed by atoms with Crippen LogP contribution in [0.3, 0.4) is 0 Å². The fraction of sp³-hybridized carbons (Fsp3) is 0.412. The molecular formula is C17H21N5O4S. The standard InChI is InChI=1S/C17H21N5O4S/c23-16(5-6-18-14-3-1-2-4-15(14)22(24)25)20-17-19-13(12-27-17)11-21-7-9-26-10-8-21/h1-4,12,18H,5-11H2,(H,19,20,23). The van der Waals surface area contributed by atoms with Crippen molar-refractivity contribution in [2.45, 2.75) is 13.0 Å². The number of carbonyl (C=O) groups is 1. The zero-order chi connectivity index (χ0) is 19.1. The van der Waals surface area contributed by atoms with Crippen molar-refractivity contribution in [3.8, 4) is 0 Å². The number of morpholine rings is 1. The monoisotopic (exact) mass is 391 g/mol. The number of carbonyl (C=O) groups excluding carboxylic acids is 1. The van der Waals surface area contributed by atoms with E-state index in [1.807, 2.05) is 5.38 Å². The Morgan fingerprint density at radius 2 is 2.11 bits per heavy atom. The summed E-state index contributed by atoms with van der Waals surface area (Å²) in [5, 5.41) is 19.2. The van der Waals surface area contributed by atoms with Gasteiger partial charge in [-0.05, 0) is 6.07 Å². The predicted molar refractivity (Wildman–Crippen MR) is 103 cm³/mol. The summed E-state index contributed by atoms with van der Waals surface area (Å²) in [6.45, 7) is 4.28. The first kappa shape index (κ1) is 19.2. The minimum absolute atomic E-state index is 0.00872. The van der Waals surface area contributed by atoms with Gasteiger partial charge in [-0.1, -0.05) is 12.1 Å². The van der Waals surface area contributed by atoms with Crippen LogP contribution in [0.4, 0.5) is 16.5 Å². The number of nitrogens with zero attached hydrogens (tertiary/aromatic N) is 3. The van der Waals surface area contributed by atoms with E-state index in [0.29, 0.717) is 17.4 Å². The third-order valence-electron chi connectivity index (χ3n) is 4.06. The molecule has 0 unspecified atom stereocenters. The number of para-hydroxylation sites is 2. The number of aromatic nitrogens is 1. The van der Waals surface area contributed by atoms with Crippen LogP contribution in [0.1, 0.15) is 12.1 Å². The normalized spacial score (nSPS) is 14.7. The molecule has 0 bridgehead atoms. The second-order valence-corrected chi connectivity index (χ2v) is 6.89. The number of thiazole rings is 1. The van der Waals surface area contributed by atoms with Gasteiger partial charge in [-0.15, -0.1) is 11.3 Å². The fourth-order valence-electron chi connectivity index (χ4n) is 2.70. The average molecular weight is 391 g/mol. The Labute approximate surface area is 160 Å². The quantitative estimate of drug-likeness (QED) is 0.525. The molecule has 1 saturated heterocycles. The highest BCUT2D eigenvalue weighted by atomic mass is 32.1. The van der Waals surface area contributed by atoms with E-state index in [4.69, 9.17) is 4.74 Å². The van der Waals surface area contributed by atoms with Crippen LogP contribution in [0.2, 0.25) is 0 Å².